The Bertz CT molecular complexity index is 830. The normalized spacial score (nSPS) is 12.9. The fourth-order valence-corrected chi connectivity index (χ4v) is 4.10. The molecule has 1 amide bonds. The smallest absolute Gasteiger partial charge is 0.270 e. The average molecular weight is 354 g/mol. The van der Waals surface area contributed by atoms with Crippen molar-refractivity contribution in [3.8, 4) is 0 Å². The number of nitrogens with one attached hydrogen (secondary N) is 2. The Kier molecular flexibility index (Phi) is 5.12. The van der Waals surface area contributed by atoms with Crippen molar-refractivity contribution < 1.29 is 13.2 Å². The number of hydrogen-bond acceptors (Lipinski definition) is 6. The zero-order valence-electron chi connectivity index (χ0n) is 13.2. The van der Waals surface area contributed by atoms with Gasteiger partial charge in [0.1, 0.15) is 0 Å². The summed E-state index contributed by atoms with van der Waals surface area (Å²) in [6, 6.07) is 5.38. The summed E-state index contributed by atoms with van der Waals surface area (Å²) in [6.45, 7) is 7.05. The largest absolute Gasteiger partial charge is 0.301 e. The molecule has 1 atom stereocenters. The highest BCUT2D eigenvalue weighted by Crippen LogP contribution is 2.23. The predicted molar refractivity (Wildman–Crippen MR) is 88.9 cm³/mol. The lowest BCUT2D eigenvalue weighted by Crippen LogP contribution is -2.26. The molecule has 1 aromatic carbocycles. The highest BCUT2D eigenvalue weighted by atomic mass is 32.2. The van der Waals surface area contributed by atoms with Crippen molar-refractivity contribution in [3.05, 3.63) is 34.9 Å². The Morgan fingerprint density at radius 1 is 1.22 bits per heavy atom. The number of amides is 1. The van der Waals surface area contributed by atoms with Gasteiger partial charge >= 0.3 is 0 Å². The molecule has 2 aromatic rings. The van der Waals surface area contributed by atoms with Crippen LogP contribution in [0.15, 0.2) is 22.5 Å². The second kappa shape index (κ2) is 6.73. The molecule has 2 rings (SSSR count). The third-order valence-electron chi connectivity index (χ3n) is 3.28. The van der Waals surface area contributed by atoms with Crippen molar-refractivity contribution in [2.45, 2.75) is 38.1 Å². The minimum Gasteiger partial charge on any atom is -0.301 e. The monoisotopic (exact) mass is 354 g/mol. The Hall–Kier alpha value is -1.84. The summed E-state index contributed by atoms with van der Waals surface area (Å²) in [5.41, 5.74) is 3.11. The molecule has 0 aliphatic rings. The summed E-state index contributed by atoms with van der Waals surface area (Å²) in [7, 11) is -3.80. The predicted octanol–water partition coefficient (Wildman–Crippen LogP) is 2.15. The quantitative estimate of drug-likeness (QED) is 0.801. The fourth-order valence-electron chi connectivity index (χ4n) is 1.90. The number of hydrogen-bond donors (Lipinski definition) is 2. The molecular weight excluding hydrogens is 336 g/mol. The topological polar surface area (TPSA) is 101 Å². The van der Waals surface area contributed by atoms with Gasteiger partial charge in [0, 0.05) is 13.0 Å². The Morgan fingerprint density at radius 3 is 2.52 bits per heavy atom. The van der Waals surface area contributed by atoms with Gasteiger partial charge in [0.15, 0.2) is 0 Å². The van der Waals surface area contributed by atoms with Crippen LogP contribution in [-0.4, -0.2) is 24.5 Å². The molecule has 2 N–H and O–H groups in total. The molecule has 23 heavy (non-hydrogen) atoms. The van der Waals surface area contributed by atoms with Gasteiger partial charge in [0.05, 0.1) is 0 Å². The van der Waals surface area contributed by atoms with E-state index < -0.39 is 16.1 Å². The maximum absolute atomic E-state index is 12.4. The second-order valence-corrected chi connectivity index (χ2v) is 8.11. The van der Waals surface area contributed by atoms with E-state index in [1.54, 1.807) is 6.92 Å². The van der Waals surface area contributed by atoms with Crippen molar-refractivity contribution in [3.63, 3.8) is 0 Å². The van der Waals surface area contributed by atoms with Gasteiger partial charge in [0.25, 0.3) is 10.0 Å². The molecule has 9 heteroatoms. The van der Waals surface area contributed by atoms with E-state index in [0.29, 0.717) is 0 Å². The molecule has 0 saturated carbocycles. The van der Waals surface area contributed by atoms with E-state index in [1.165, 1.54) is 6.92 Å². The molecule has 0 radical (unpaired) electrons. The van der Waals surface area contributed by atoms with Crippen LogP contribution in [0.2, 0.25) is 0 Å². The first-order valence-electron chi connectivity index (χ1n) is 6.89. The standard InChI is InChI=1S/C14H18N4O3S2/c1-8-5-6-12(7-9(8)2)10(3)18-23(20,21)14-17-16-13(22-14)15-11(4)19/h5-7,10,18H,1-4H3,(H,15,16,19)/t10-/m1/s1. The number of carbonyl (C=O) groups is 1. The van der Waals surface area contributed by atoms with Gasteiger partial charge in [0.2, 0.25) is 15.4 Å². The maximum Gasteiger partial charge on any atom is 0.270 e. The van der Waals surface area contributed by atoms with Crippen LogP contribution in [-0.2, 0) is 14.8 Å². The lowest BCUT2D eigenvalue weighted by molar-refractivity contribution is -0.114. The van der Waals surface area contributed by atoms with Crippen molar-refractivity contribution in [1.29, 1.82) is 0 Å². The zero-order chi connectivity index (χ0) is 17.2. The third-order valence-corrected chi connectivity index (χ3v) is 6.03. The van der Waals surface area contributed by atoms with E-state index in [-0.39, 0.29) is 15.4 Å². The summed E-state index contributed by atoms with van der Waals surface area (Å²) < 4.78 is 27.1. The first-order chi connectivity index (χ1) is 10.7. The molecule has 124 valence electrons. The summed E-state index contributed by atoms with van der Waals surface area (Å²) in [6.07, 6.45) is 0. The van der Waals surface area contributed by atoms with Crippen LogP contribution in [0.1, 0.15) is 36.6 Å². The van der Waals surface area contributed by atoms with Crippen LogP contribution in [0, 0.1) is 13.8 Å². The van der Waals surface area contributed by atoms with E-state index in [0.717, 1.165) is 28.0 Å². The number of sulfonamides is 1. The van der Waals surface area contributed by atoms with Crippen LogP contribution in [0.25, 0.3) is 0 Å². The fraction of sp³-hybridized carbons (Fsp3) is 0.357. The number of nitrogens with zero attached hydrogens (tertiary/aromatic N) is 2. The first kappa shape index (κ1) is 17.5. The van der Waals surface area contributed by atoms with Crippen molar-refractivity contribution >= 4 is 32.4 Å². The Labute approximate surface area is 139 Å². The molecule has 0 aliphatic carbocycles. The third kappa shape index (κ3) is 4.34. The Balaban J connectivity index is 2.18. The van der Waals surface area contributed by atoms with E-state index in [9.17, 15) is 13.2 Å². The minimum absolute atomic E-state index is 0.150. The summed E-state index contributed by atoms with van der Waals surface area (Å²) >= 11 is 0.806. The molecular formula is C14H18N4O3S2. The highest BCUT2D eigenvalue weighted by molar-refractivity contribution is 7.91. The molecule has 7 nitrogen and oxygen atoms in total. The SMILES string of the molecule is CC(=O)Nc1nnc(S(=O)(=O)N[C@H](C)c2ccc(C)c(C)c2)s1. The van der Waals surface area contributed by atoms with Gasteiger partial charge in [-0.25, -0.2) is 13.1 Å². The van der Waals surface area contributed by atoms with Crippen molar-refractivity contribution in [1.82, 2.24) is 14.9 Å². The van der Waals surface area contributed by atoms with Crippen LogP contribution in [0.4, 0.5) is 5.13 Å². The number of rotatable bonds is 5. The van der Waals surface area contributed by atoms with Gasteiger partial charge in [-0.2, -0.15) is 0 Å². The van der Waals surface area contributed by atoms with E-state index >= 15 is 0 Å². The van der Waals surface area contributed by atoms with E-state index in [4.69, 9.17) is 0 Å². The molecule has 0 unspecified atom stereocenters. The number of aryl methyl sites for hydroxylation is 2. The minimum atomic E-state index is -3.80. The first-order valence-corrected chi connectivity index (χ1v) is 9.19. The van der Waals surface area contributed by atoms with Gasteiger partial charge in [-0.05, 0) is 37.5 Å². The summed E-state index contributed by atoms with van der Waals surface area (Å²) in [5, 5.41) is 9.83. The number of aromatic nitrogens is 2. The van der Waals surface area contributed by atoms with Crippen molar-refractivity contribution in [2.24, 2.45) is 0 Å². The van der Waals surface area contributed by atoms with Gasteiger partial charge < -0.3 is 5.32 Å². The molecule has 0 bridgehead atoms. The molecule has 1 aromatic heterocycles. The van der Waals surface area contributed by atoms with Gasteiger partial charge in [-0.1, -0.05) is 29.5 Å². The molecule has 0 fully saturated rings. The number of carbonyl (C=O) groups excluding carboxylic acids is 1. The van der Waals surface area contributed by atoms with E-state index in [2.05, 4.69) is 20.2 Å². The summed E-state index contributed by atoms with van der Waals surface area (Å²) in [4.78, 5) is 11.0. The lowest BCUT2D eigenvalue weighted by Gasteiger charge is -2.14. The van der Waals surface area contributed by atoms with Gasteiger partial charge in [-0.15, -0.1) is 10.2 Å². The van der Waals surface area contributed by atoms with Crippen LogP contribution in [0.3, 0.4) is 0 Å². The van der Waals surface area contributed by atoms with E-state index in [1.807, 2.05) is 32.0 Å². The van der Waals surface area contributed by atoms with Gasteiger partial charge in [-0.3, -0.25) is 4.79 Å². The molecule has 0 aliphatic heterocycles. The van der Waals surface area contributed by atoms with Crippen LogP contribution < -0.4 is 10.0 Å². The number of benzene rings is 1. The van der Waals surface area contributed by atoms with Crippen molar-refractivity contribution in [2.75, 3.05) is 5.32 Å². The van der Waals surface area contributed by atoms with Crippen LogP contribution >= 0.6 is 11.3 Å². The zero-order valence-corrected chi connectivity index (χ0v) is 14.9. The summed E-state index contributed by atoms with van der Waals surface area (Å²) in [5.74, 6) is -0.332. The van der Waals surface area contributed by atoms with Crippen LogP contribution in [0.5, 0.6) is 0 Å². The second-order valence-electron chi connectivity index (χ2n) is 5.24. The maximum atomic E-state index is 12.4. The Morgan fingerprint density at radius 2 is 1.91 bits per heavy atom. The molecule has 1 heterocycles. The highest BCUT2D eigenvalue weighted by Gasteiger charge is 2.23. The molecule has 0 saturated heterocycles. The molecule has 0 spiro atoms. The lowest BCUT2D eigenvalue weighted by atomic mass is 10.0. The number of anilines is 1. The average Bonchev–Trinajstić information content (AvgIpc) is 2.89.